The van der Waals surface area contributed by atoms with Crippen molar-refractivity contribution < 1.29 is 22.7 Å². The van der Waals surface area contributed by atoms with Crippen molar-refractivity contribution in [3.05, 3.63) is 65.2 Å². The van der Waals surface area contributed by atoms with Crippen LogP contribution in [0.5, 0.6) is 0 Å². The molecule has 26 heavy (non-hydrogen) atoms. The third-order valence-corrected chi connectivity index (χ3v) is 5.20. The van der Waals surface area contributed by atoms with Gasteiger partial charge in [-0.3, -0.25) is 9.59 Å². The maximum atomic E-state index is 12.1. The summed E-state index contributed by atoms with van der Waals surface area (Å²) in [6.45, 7) is 2.87. The number of nitrogens with one attached hydrogen (secondary N) is 1. The van der Waals surface area contributed by atoms with Crippen LogP contribution in [0.15, 0.2) is 53.4 Å². The molecule has 0 amide bonds. The smallest absolute Gasteiger partial charge is 0.321 e. The van der Waals surface area contributed by atoms with Crippen molar-refractivity contribution in [3.63, 3.8) is 0 Å². The number of carbonyl (C=O) groups is 2. The van der Waals surface area contributed by atoms with Gasteiger partial charge in [0.1, 0.15) is 6.54 Å². The summed E-state index contributed by atoms with van der Waals surface area (Å²) < 4.78 is 31.2. The van der Waals surface area contributed by atoms with Crippen LogP contribution in [0, 0.1) is 6.92 Å². The molecule has 0 unspecified atom stereocenters. The summed E-state index contributed by atoms with van der Waals surface area (Å²) in [4.78, 5) is 23.8. The third-order valence-electron chi connectivity index (χ3n) is 3.79. The maximum Gasteiger partial charge on any atom is 0.321 e. The molecule has 0 fully saturated rings. The quantitative estimate of drug-likeness (QED) is 0.565. The molecule has 2 aromatic rings. The number of sulfonamides is 1. The lowest BCUT2D eigenvalue weighted by molar-refractivity contribution is -0.141. The number of carbonyl (C=O) groups excluding carboxylic acids is 2. The van der Waals surface area contributed by atoms with Crippen molar-refractivity contribution in [2.45, 2.75) is 25.2 Å². The van der Waals surface area contributed by atoms with Gasteiger partial charge < -0.3 is 4.74 Å². The number of ketones is 1. The first-order chi connectivity index (χ1) is 12.3. The molecule has 7 heteroatoms. The van der Waals surface area contributed by atoms with Crippen LogP contribution in [-0.4, -0.2) is 33.3 Å². The van der Waals surface area contributed by atoms with Crippen LogP contribution in [-0.2, 0) is 26.0 Å². The molecule has 0 spiro atoms. The van der Waals surface area contributed by atoms with E-state index in [1.54, 1.807) is 24.3 Å². The standard InChI is InChI=1S/C19H21NO5S/c1-3-15-6-8-16(9-7-15)18(21)13-25-19(22)12-20-26(23,24)17-10-4-14(2)5-11-17/h4-11,20H,3,12-13H2,1-2H3. The van der Waals surface area contributed by atoms with E-state index in [0.29, 0.717) is 5.56 Å². The van der Waals surface area contributed by atoms with Gasteiger partial charge in [0.2, 0.25) is 10.0 Å². The largest absolute Gasteiger partial charge is 0.456 e. The van der Waals surface area contributed by atoms with Crippen molar-refractivity contribution in [1.82, 2.24) is 4.72 Å². The number of rotatable bonds is 8. The van der Waals surface area contributed by atoms with Crippen molar-refractivity contribution in [2.75, 3.05) is 13.2 Å². The van der Waals surface area contributed by atoms with Crippen molar-refractivity contribution in [1.29, 1.82) is 0 Å². The molecule has 2 aromatic carbocycles. The van der Waals surface area contributed by atoms with E-state index >= 15 is 0 Å². The fourth-order valence-electron chi connectivity index (χ4n) is 2.16. The Hall–Kier alpha value is -2.51. The zero-order valence-corrected chi connectivity index (χ0v) is 15.5. The molecule has 0 atom stereocenters. The van der Waals surface area contributed by atoms with E-state index in [4.69, 9.17) is 4.74 Å². The van der Waals surface area contributed by atoms with Crippen molar-refractivity contribution in [2.24, 2.45) is 0 Å². The van der Waals surface area contributed by atoms with Gasteiger partial charge in [-0.1, -0.05) is 48.9 Å². The van der Waals surface area contributed by atoms with Crippen LogP contribution >= 0.6 is 0 Å². The summed E-state index contributed by atoms with van der Waals surface area (Å²) in [7, 11) is -3.81. The van der Waals surface area contributed by atoms with E-state index in [1.165, 1.54) is 12.1 Å². The van der Waals surface area contributed by atoms with E-state index in [2.05, 4.69) is 4.72 Å². The fraction of sp³-hybridized carbons (Fsp3) is 0.263. The van der Waals surface area contributed by atoms with Crippen LogP contribution in [0.25, 0.3) is 0 Å². The molecule has 1 N–H and O–H groups in total. The Morgan fingerprint density at radius 2 is 1.62 bits per heavy atom. The highest BCUT2D eigenvalue weighted by Gasteiger charge is 2.16. The zero-order chi connectivity index (χ0) is 19.2. The van der Waals surface area contributed by atoms with Gasteiger partial charge in [0.25, 0.3) is 0 Å². The SMILES string of the molecule is CCc1ccc(C(=O)COC(=O)CNS(=O)(=O)c2ccc(C)cc2)cc1. The molecule has 0 saturated carbocycles. The number of hydrogen-bond acceptors (Lipinski definition) is 5. The third kappa shape index (κ3) is 5.50. The number of aryl methyl sites for hydroxylation is 2. The lowest BCUT2D eigenvalue weighted by Crippen LogP contribution is -2.31. The molecule has 0 bridgehead atoms. The minimum absolute atomic E-state index is 0.0583. The molecule has 138 valence electrons. The first-order valence-corrected chi connectivity index (χ1v) is 9.64. The second-order valence-corrected chi connectivity index (χ2v) is 7.54. The maximum absolute atomic E-state index is 12.1. The van der Waals surface area contributed by atoms with E-state index in [1.807, 2.05) is 26.0 Å². The number of benzene rings is 2. The Balaban J connectivity index is 1.84. The molecular weight excluding hydrogens is 354 g/mol. The van der Waals surface area contributed by atoms with Gasteiger partial charge in [-0.25, -0.2) is 8.42 Å². The highest BCUT2D eigenvalue weighted by molar-refractivity contribution is 7.89. The molecule has 0 aliphatic rings. The Kier molecular flexibility index (Phi) is 6.65. The normalized spacial score (nSPS) is 11.2. The first kappa shape index (κ1) is 19.8. The minimum atomic E-state index is -3.81. The summed E-state index contributed by atoms with van der Waals surface area (Å²) in [5.41, 5.74) is 2.47. The highest BCUT2D eigenvalue weighted by Crippen LogP contribution is 2.09. The van der Waals surface area contributed by atoms with Gasteiger partial charge in [0, 0.05) is 5.56 Å². The summed E-state index contributed by atoms with van der Waals surface area (Å²) in [6.07, 6.45) is 0.866. The predicted octanol–water partition coefficient (Wildman–Crippen LogP) is 2.26. The molecule has 2 rings (SSSR count). The number of esters is 1. The fourth-order valence-corrected chi connectivity index (χ4v) is 3.13. The van der Waals surface area contributed by atoms with Gasteiger partial charge in [0.05, 0.1) is 4.90 Å². The zero-order valence-electron chi connectivity index (χ0n) is 14.7. The lowest BCUT2D eigenvalue weighted by Gasteiger charge is -2.08. The molecule has 6 nitrogen and oxygen atoms in total. The Labute approximate surface area is 153 Å². The van der Waals surface area contributed by atoms with Crippen LogP contribution in [0.1, 0.15) is 28.4 Å². The van der Waals surface area contributed by atoms with Crippen LogP contribution in [0.3, 0.4) is 0 Å². The first-order valence-electron chi connectivity index (χ1n) is 8.16. The molecular formula is C19H21NO5S. The van der Waals surface area contributed by atoms with Gasteiger partial charge >= 0.3 is 5.97 Å². The van der Waals surface area contributed by atoms with Gasteiger partial charge in [-0.15, -0.1) is 0 Å². The summed E-state index contributed by atoms with van der Waals surface area (Å²) in [5, 5.41) is 0. The average molecular weight is 375 g/mol. The Morgan fingerprint density at radius 3 is 2.19 bits per heavy atom. The number of Topliss-reactive ketones (excluding diaryl/α,β-unsaturated/α-hetero) is 1. The van der Waals surface area contributed by atoms with Gasteiger partial charge in [-0.05, 0) is 31.0 Å². The minimum Gasteiger partial charge on any atom is -0.456 e. The highest BCUT2D eigenvalue weighted by atomic mass is 32.2. The summed E-state index contributed by atoms with van der Waals surface area (Å²) in [5.74, 6) is -1.17. The lowest BCUT2D eigenvalue weighted by atomic mass is 10.1. The van der Waals surface area contributed by atoms with E-state index in [9.17, 15) is 18.0 Å². The number of hydrogen-bond donors (Lipinski definition) is 1. The molecule has 0 radical (unpaired) electrons. The van der Waals surface area contributed by atoms with E-state index in [0.717, 1.165) is 17.5 Å². The van der Waals surface area contributed by atoms with Crippen LogP contribution in [0.4, 0.5) is 0 Å². The van der Waals surface area contributed by atoms with Crippen LogP contribution < -0.4 is 4.72 Å². The topological polar surface area (TPSA) is 89.5 Å². The molecule has 0 saturated heterocycles. The Morgan fingerprint density at radius 1 is 1.00 bits per heavy atom. The molecule has 0 aromatic heterocycles. The van der Waals surface area contributed by atoms with E-state index < -0.39 is 29.1 Å². The molecule has 0 heterocycles. The molecule has 0 aliphatic heterocycles. The van der Waals surface area contributed by atoms with Gasteiger partial charge in [0.15, 0.2) is 12.4 Å². The molecule has 0 aliphatic carbocycles. The van der Waals surface area contributed by atoms with Crippen molar-refractivity contribution in [3.8, 4) is 0 Å². The van der Waals surface area contributed by atoms with Crippen LogP contribution in [0.2, 0.25) is 0 Å². The summed E-state index contributed by atoms with van der Waals surface area (Å²) in [6, 6.07) is 13.3. The van der Waals surface area contributed by atoms with Crippen molar-refractivity contribution >= 4 is 21.8 Å². The predicted molar refractivity (Wildman–Crippen MR) is 97.5 cm³/mol. The second-order valence-electron chi connectivity index (χ2n) is 5.77. The van der Waals surface area contributed by atoms with Gasteiger partial charge in [-0.2, -0.15) is 4.72 Å². The second kappa shape index (κ2) is 8.73. The number of ether oxygens (including phenoxy) is 1. The van der Waals surface area contributed by atoms with E-state index in [-0.39, 0.29) is 10.7 Å². The Bertz CT molecular complexity index is 871. The average Bonchev–Trinajstić information content (AvgIpc) is 2.65. The summed E-state index contributed by atoms with van der Waals surface area (Å²) >= 11 is 0. The monoisotopic (exact) mass is 375 g/mol.